The van der Waals surface area contributed by atoms with Crippen LogP contribution in [0.3, 0.4) is 0 Å². The van der Waals surface area contributed by atoms with Gasteiger partial charge < -0.3 is 11.1 Å². The van der Waals surface area contributed by atoms with E-state index in [0.717, 1.165) is 23.6 Å². The van der Waals surface area contributed by atoms with Gasteiger partial charge in [0.1, 0.15) is 4.99 Å². The maximum absolute atomic E-state index is 5.87. The van der Waals surface area contributed by atoms with Crippen molar-refractivity contribution >= 4 is 22.9 Å². The van der Waals surface area contributed by atoms with E-state index in [0.29, 0.717) is 11.0 Å². The molecule has 1 aromatic rings. The monoisotopic (exact) mass is 290 g/mol. The number of aryl methyl sites for hydroxylation is 1. The molecule has 0 aliphatic heterocycles. The van der Waals surface area contributed by atoms with E-state index in [1.165, 1.54) is 37.7 Å². The van der Waals surface area contributed by atoms with Crippen LogP contribution in [0.1, 0.15) is 56.6 Å². The van der Waals surface area contributed by atoms with E-state index in [1.54, 1.807) is 0 Å². The number of hydrogen-bond acceptors (Lipinski definition) is 2. The first-order valence-electron chi connectivity index (χ1n) is 7.78. The number of benzene rings is 1. The average Bonchev–Trinajstić information content (AvgIpc) is 2.46. The molecule has 0 spiro atoms. The van der Waals surface area contributed by atoms with E-state index in [2.05, 4.69) is 37.4 Å². The molecule has 20 heavy (non-hydrogen) atoms. The summed E-state index contributed by atoms with van der Waals surface area (Å²) in [5, 5.41) is 3.71. The second-order valence-corrected chi connectivity index (χ2v) is 6.41. The van der Waals surface area contributed by atoms with Gasteiger partial charge in [-0.05, 0) is 44.2 Å². The first-order chi connectivity index (χ1) is 9.61. The van der Waals surface area contributed by atoms with Crippen LogP contribution in [-0.4, -0.2) is 11.0 Å². The SMILES string of the molecule is CCC(Nc1ccc(C)cc1C(N)=S)C1CCCCC1. The zero-order chi connectivity index (χ0) is 14.5. The summed E-state index contributed by atoms with van der Waals surface area (Å²) in [5.41, 5.74) is 9.15. The molecule has 110 valence electrons. The van der Waals surface area contributed by atoms with Gasteiger partial charge in [-0.15, -0.1) is 0 Å². The van der Waals surface area contributed by atoms with Crippen molar-refractivity contribution in [2.24, 2.45) is 11.7 Å². The molecular formula is C17H26N2S. The quantitative estimate of drug-likeness (QED) is 0.789. The minimum absolute atomic E-state index is 0.481. The summed E-state index contributed by atoms with van der Waals surface area (Å²) in [7, 11) is 0. The van der Waals surface area contributed by atoms with Crippen LogP contribution in [0.15, 0.2) is 18.2 Å². The fourth-order valence-electron chi connectivity index (χ4n) is 3.28. The van der Waals surface area contributed by atoms with Gasteiger partial charge in [0.15, 0.2) is 0 Å². The topological polar surface area (TPSA) is 38.0 Å². The molecule has 0 radical (unpaired) electrons. The Kier molecular flexibility index (Phi) is 5.41. The lowest BCUT2D eigenvalue weighted by atomic mass is 9.82. The molecule has 0 heterocycles. The molecule has 0 aromatic heterocycles. The highest BCUT2D eigenvalue weighted by Crippen LogP contribution is 2.30. The van der Waals surface area contributed by atoms with Crippen molar-refractivity contribution in [2.75, 3.05) is 5.32 Å². The van der Waals surface area contributed by atoms with E-state index in [-0.39, 0.29) is 0 Å². The van der Waals surface area contributed by atoms with Crippen LogP contribution < -0.4 is 11.1 Å². The third-order valence-electron chi connectivity index (χ3n) is 4.44. The smallest absolute Gasteiger partial charge is 0.106 e. The van der Waals surface area contributed by atoms with Crippen LogP contribution in [0, 0.1) is 12.8 Å². The highest BCUT2D eigenvalue weighted by Gasteiger charge is 2.23. The molecule has 1 aliphatic carbocycles. The molecule has 1 unspecified atom stereocenters. The van der Waals surface area contributed by atoms with Crippen LogP contribution in [0.4, 0.5) is 5.69 Å². The van der Waals surface area contributed by atoms with Crippen molar-refractivity contribution in [3.8, 4) is 0 Å². The Morgan fingerprint density at radius 2 is 2.05 bits per heavy atom. The third kappa shape index (κ3) is 3.72. The van der Waals surface area contributed by atoms with Gasteiger partial charge in [-0.25, -0.2) is 0 Å². The van der Waals surface area contributed by atoms with Gasteiger partial charge in [-0.1, -0.05) is 50.0 Å². The van der Waals surface area contributed by atoms with Gasteiger partial charge in [0.05, 0.1) is 0 Å². The molecule has 1 fully saturated rings. The number of nitrogens with two attached hydrogens (primary N) is 1. The summed E-state index contributed by atoms with van der Waals surface area (Å²) in [6.45, 7) is 4.34. The van der Waals surface area contributed by atoms with Crippen LogP contribution in [-0.2, 0) is 0 Å². The lowest BCUT2D eigenvalue weighted by Gasteiger charge is -2.31. The number of hydrogen-bond donors (Lipinski definition) is 2. The summed E-state index contributed by atoms with van der Waals surface area (Å²) >= 11 is 5.19. The van der Waals surface area contributed by atoms with Gasteiger partial charge in [0.2, 0.25) is 0 Å². The second kappa shape index (κ2) is 7.07. The Labute approximate surface area is 128 Å². The molecule has 3 heteroatoms. The van der Waals surface area contributed by atoms with Crippen molar-refractivity contribution in [1.82, 2.24) is 0 Å². The fraction of sp³-hybridized carbons (Fsp3) is 0.588. The van der Waals surface area contributed by atoms with Crippen molar-refractivity contribution < 1.29 is 0 Å². The van der Waals surface area contributed by atoms with E-state index >= 15 is 0 Å². The zero-order valence-electron chi connectivity index (χ0n) is 12.6. The van der Waals surface area contributed by atoms with Gasteiger partial charge in [-0.2, -0.15) is 0 Å². The first kappa shape index (κ1) is 15.3. The maximum atomic E-state index is 5.87. The van der Waals surface area contributed by atoms with E-state index < -0.39 is 0 Å². The predicted octanol–water partition coefficient (Wildman–Crippen LogP) is 4.40. The molecule has 0 bridgehead atoms. The van der Waals surface area contributed by atoms with E-state index in [9.17, 15) is 0 Å². The Morgan fingerprint density at radius 1 is 1.35 bits per heavy atom. The minimum atomic E-state index is 0.481. The lowest BCUT2D eigenvalue weighted by molar-refractivity contribution is 0.313. The van der Waals surface area contributed by atoms with Crippen LogP contribution in [0.25, 0.3) is 0 Å². The molecule has 0 saturated heterocycles. The predicted molar refractivity (Wildman–Crippen MR) is 91.3 cm³/mol. The third-order valence-corrected chi connectivity index (χ3v) is 4.66. The Balaban J connectivity index is 2.16. The van der Waals surface area contributed by atoms with Crippen LogP contribution in [0.5, 0.6) is 0 Å². The molecular weight excluding hydrogens is 264 g/mol. The molecule has 1 saturated carbocycles. The summed E-state index contributed by atoms with van der Waals surface area (Å²) in [6, 6.07) is 6.86. The van der Waals surface area contributed by atoms with Crippen LogP contribution >= 0.6 is 12.2 Å². The maximum Gasteiger partial charge on any atom is 0.106 e. The highest BCUT2D eigenvalue weighted by atomic mass is 32.1. The van der Waals surface area contributed by atoms with Crippen molar-refractivity contribution in [3.05, 3.63) is 29.3 Å². The van der Waals surface area contributed by atoms with Gasteiger partial charge in [0, 0.05) is 17.3 Å². The fourth-order valence-corrected chi connectivity index (χ4v) is 3.45. The number of rotatable bonds is 5. The molecule has 1 atom stereocenters. The zero-order valence-corrected chi connectivity index (χ0v) is 13.4. The number of thiocarbonyl (C=S) groups is 1. The van der Waals surface area contributed by atoms with Gasteiger partial charge >= 0.3 is 0 Å². The van der Waals surface area contributed by atoms with Gasteiger partial charge in [0.25, 0.3) is 0 Å². The Morgan fingerprint density at radius 3 is 2.65 bits per heavy atom. The summed E-state index contributed by atoms with van der Waals surface area (Å²) in [5.74, 6) is 0.786. The molecule has 2 nitrogen and oxygen atoms in total. The molecule has 2 rings (SSSR count). The Hall–Kier alpha value is -1.09. The second-order valence-electron chi connectivity index (χ2n) is 5.97. The highest BCUT2D eigenvalue weighted by molar-refractivity contribution is 7.80. The standard InChI is InChI=1S/C17H26N2S/c1-3-15(13-7-5-4-6-8-13)19-16-10-9-12(2)11-14(16)17(18)20/h9-11,13,15,19H,3-8H2,1-2H3,(H2,18,20). The van der Waals surface area contributed by atoms with E-state index in [4.69, 9.17) is 18.0 Å². The Bertz CT molecular complexity index is 464. The average molecular weight is 290 g/mol. The molecule has 1 aliphatic rings. The number of nitrogens with one attached hydrogen (secondary N) is 1. The van der Waals surface area contributed by atoms with Crippen LogP contribution in [0.2, 0.25) is 0 Å². The normalized spacial score (nSPS) is 17.7. The lowest BCUT2D eigenvalue weighted by Crippen LogP contribution is -2.31. The molecule has 1 aromatic carbocycles. The number of anilines is 1. The summed E-state index contributed by atoms with van der Waals surface area (Å²) < 4.78 is 0. The largest absolute Gasteiger partial charge is 0.389 e. The summed E-state index contributed by atoms with van der Waals surface area (Å²) in [6.07, 6.45) is 7.99. The first-order valence-corrected chi connectivity index (χ1v) is 8.19. The van der Waals surface area contributed by atoms with E-state index in [1.807, 2.05) is 0 Å². The van der Waals surface area contributed by atoms with Crippen molar-refractivity contribution in [3.63, 3.8) is 0 Å². The van der Waals surface area contributed by atoms with Crippen molar-refractivity contribution in [1.29, 1.82) is 0 Å². The minimum Gasteiger partial charge on any atom is -0.389 e. The van der Waals surface area contributed by atoms with Crippen molar-refractivity contribution in [2.45, 2.75) is 58.4 Å². The molecule has 0 amide bonds. The van der Waals surface area contributed by atoms with Gasteiger partial charge in [-0.3, -0.25) is 0 Å². The summed E-state index contributed by atoms with van der Waals surface area (Å²) in [4.78, 5) is 0.481. The molecule has 3 N–H and O–H groups in total.